The van der Waals surface area contributed by atoms with Crippen LogP contribution in [-0.4, -0.2) is 10.8 Å². The molecule has 2 aromatic rings. The average molecular weight is 306 g/mol. The third-order valence-electron chi connectivity index (χ3n) is 2.48. The monoisotopic (exact) mass is 305 g/mol. The molecule has 92 valence electrons. The van der Waals surface area contributed by atoms with Crippen molar-refractivity contribution in [2.75, 3.05) is 11.5 Å². The normalized spacial score (nSPS) is 10.3. The molecule has 0 aliphatic carbocycles. The number of aryl methyl sites for hydroxylation is 1. The third-order valence-corrected chi connectivity index (χ3v) is 2.94. The Morgan fingerprint density at radius 1 is 1.22 bits per heavy atom. The number of pyridine rings is 1. The van der Waals surface area contributed by atoms with Gasteiger partial charge in [-0.05, 0) is 36.8 Å². The van der Waals surface area contributed by atoms with E-state index in [2.05, 4.69) is 20.9 Å². The van der Waals surface area contributed by atoms with Crippen LogP contribution in [0.4, 0.5) is 11.5 Å². The van der Waals surface area contributed by atoms with E-state index >= 15 is 0 Å². The van der Waals surface area contributed by atoms with Crippen molar-refractivity contribution in [1.29, 1.82) is 0 Å². The number of halogens is 1. The second kappa shape index (κ2) is 4.78. The van der Waals surface area contributed by atoms with Gasteiger partial charge in [0.25, 0.3) is 0 Å². The molecule has 0 amide bonds. The third kappa shape index (κ3) is 2.51. The Kier molecular flexibility index (Phi) is 3.34. The van der Waals surface area contributed by atoms with Crippen LogP contribution < -0.4 is 11.5 Å². The van der Waals surface area contributed by atoms with Crippen molar-refractivity contribution in [3.63, 3.8) is 0 Å². The van der Waals surface area contributed by atoms with Gasteiger partial charge in [-0.1, -0.05) is 15.9 Å². The summed E-state index contributed by atoms with van der Waals surface area (Å²) in [7, 11) is 0. The topological polar surface area (TPSA) is 82.0 Å². The van der Waals surface area contributed by atoms with Crippen LogP contribution >= 0.6 is 15.9 Å². The number of nitrogen functional groups attached to an aromatic ring is 2. The van der Waals surface area contributed by atoms with Gasteiger partial charge in [-0.15, -0.1) is 0 Å². The minimum Gasteiger partial charge on any atom is -0.399 e. The molecule has 0 spiro atoms. The van der Waals surface area contributed by atoms with Gasteiger partial charge in [-0.25, -0.2) is 4.98 Å². The van der Waals surface area contributed by atoms with Crippen molar-refractivity contribution >= 4 is 33.2 Å². The number of rotatable bonds is 2. The molecule has 0 fully saturated rings. The zero-order valence-electron chi connectivity index (χ0n) is 9.77. The predicted molar refractivity (Wildman–Crippen MR) is 75.4 cm³/mol. The first kappa shape index (κ1) is 12.6. The highest BCUT2D eigenvalue weighted by Crippen LogP contribution is 2.21. The molecule has 0 atom stereocenters. The highest BCUT2D eigenvalue weighted by Gasteiger charge is 2.14. The van der Waals surface area contributed by atoms with Crippen molar-refractivity contribution in [3.05, 3.63) is 51.6 Å². The Morgan fingerprint density at radius 2 is 1.94 bits per heavy atom. The highest BCUT2D eigenvalue weighted by atomic mass is 79.9. The van der Waals surface area contributed by atoms with Crippen LogP contribution in [0, 0.1) is 6.92 Å². The maximum absolute atomic E-state index is 12.3. The lowest BCUT2D eigenvalue weighted by Crippen LogP contribution is -2.08. The van der Waals surface area contributed by atoms with Gasteiger partial charge in [0.05, 0.1) is 5.56 Å². The highest BCUT2D eigenvalue weighted by molar-refractivity contribution is 9.10. The van der Waals surface area contributed by atoms with Crippen molar-refractivity contribution in [2.45, 2.75) is 6.92 Å². The van der Waals surface area contributed by atoms with Crippen LogP contribution in [0.15, 0.2) is 34.9 Å². The van der Waals surface area contributed by atoms with E-state index in [0.717, 1.165) is 10.0 Å². The molecule has 2 rings (SSSR count). The molecule has 4 nitrogen and oxygen atoms in total. The zero-order valence-corrected chi connectivity index (χ0v) is 11.4. The number of anilines is 2. The summed E-state index contributed by atoms with van der Waals surface area (Å²) in [6.45, 7) is 1.86. The summed E-state index contributed by atoms with van der Waals surface area (Å²) in [5.41, 5.74) is 13.7. The van der Waals surface area contributed by atoms with Gasteiger partial charge in [0.2, 0.25) is 0 Å². The number of aromatic nitrogens is 1. The second-order valence-corrected chi connectivity index (χ2v) is 4.96. The summed E-state index contributed by atoms with van der Waals surface area (Å²) in [5, 5.41) is 0. The van der Waals surface area contributed by atoms with E-state index < -0.39 is 0 Å². The van der Waals surface area contributed by atoms with Gasteiger partial charge in [-0.2, -0.15) is 0 Å². The molecule has 0 aliphatic rings. The Balaban J connectivity index is 2.51. The number of hydrogen-bond donors (Lipinski definition) is 2. The van der Waals surface area contributed by atoms with Crippen LogP contribution in [0.2, 0.25) is 0 Å². The Morgan fingerprint density at radius 3 is 2.61 bits per heavy atom. The van der Waals surface area contributed by atoms with Gasteiger partial charge in [0.15, 0.2) is 5.78 Å². The Labute approximate surface area is 113 Å². The quantitative estimate of drug-likeness (QED) is 0.660. The number of benzene rings is 1. The molecule has 1 aromatic heterocycles. The Hall–Kier alpha value is -1.88. The number of carbonyl (C=O) groups is 1. The fourth-order valence-electron chi connectivity index (χ4n) is 1.66. The lowest BCUT2D eigenvalue weighted by molar-refractivity contribution is 0.103. The van der Waals surface area contributed by atoms with Gasteiger partial charge in [0, 0.05) is 21.9 Å². The van der Waals surface area contributed by atoms with Crippen LogP contribution in [0.5, 0.6) is 0 Å². The molecule has 1 heterocycles. The Bertz CT molecular complexity index is 605. The molecule has 4 N–H and O–H groups in total. The van der Waals surface area contributed by atoms with E-state index in [1.807, 2.05) is 6.92 Å². The lowest BCUT2D eigenvalue weighted by atomic mass is 10.0. The number of ketones is 1. The van der Waals surface area contributed by atoms with Crippen molar-refractivity contribution in [1.82, 2.24) is 4.98 Å². The summed E-state index contributed by atoms with van der Waals surface area (Å²) >= 11 is 3.31. The summed E-state index contributed by atoms with van der Waals surface area (Å²) in [5.74, 6) is 0.0425. The number of nitrogens with two attached hydrogens (primary N) is 2. The predicted octanol–water partition coefficient (Wildman–Crippen LogP) is 2.55. The first-order chi connectivity index (χ1) is 8.47. The van der Waals surface area contributed by atoms with Crippen LogP contribution in [0.25, 0.3) is 0 Å². The molecule has 5 heteroatoms. The molecule has 18 heavy (non-hydrogen) atoms. The van der Waals surface area contributed by atoms with Crippen LogP contribution in [-0.2, 0) is 0 Å². The molecule has 0 bridgehead atoms. The first-order valence-electron chi connectivity index (χ1n) is 5.30. The molecule has 0 unspecified atom stereocenters. The number of hydrogen-bond acceptors (Lipinski definition) is 4. The van der Waals surface area contributed by atoms with E-state index in [1.165, 1.54) is 0 Å². The van der Waals surface area contributed by atoms with Crippen molar-refractivity contribution in [3.8, 4) is 0 Å². The number of carbonyl (C=O) groups excluding carboxylic acids is 1. The van der Waals surface area contributed by atoms with E-state index in [9.17, 15) is 4.79 Å². The number of nitrogens with zero attached hydrogens (tertiary/aromatic N) is 1. The first-order valence-corrected chi connectivity index (χ1v) is 6.09. The minimum atomic E-state index is -0.184. The van der Waals surface area contributed by atoms with Gasteiger partial charge >= 0.3 is 0 Å². The van der Waals surface area contributed by atoms with Crippen molar-refractivity contribution < 1.29 is 4.79 Å². The lowest BCUT2D eigenvalue weighted by Gasteiger charge is -2.06. The van der Waals surface area contributed by atoms with Gasteiger partial charge < -0.3 is 11.5 Å². The molecule has 0 radical (unpaired) electrons. The summed E-state index contributed by atoms with van der Waals surface area (Å²) < 4.78 is 0.755. The minimum absolute atomic E-state index is 0.184. The van der Waals surface area contributed by atoms with Crippen LogP contribution in [0.1, 0.15) is 21.5 Å². The molecule has 0 saturated heterocycles. The van der Waals surface area contributed by atoms with E-state index in [1.54, 1.807) is 30.5 Å². The smallest absolute Gasteiger partial charge is 0.196 e. The maximum Gasteiger partial charge on any atom is 0.196 e. The molecule has 0 saturated carbocycles. The van der Waals surface area contributed by atoms with Crippen LogP contribution in [0.3, 0.4) is 0 Å². The fourth-order valence-corrected chi connectivity index (χ4v) is 2.17. The van der Waals surface area contributed by atoms with E-state index in [0.29, 0.717) is 16.8 Å². The zero-order chi connectivity index (χ0) is 13.3. The standard InChI is InChI=1S/C13H12BrN3O/c1-7-2-11(13(16)17-6-7)12(18)8-3-9(14)5-10(15)4-8/h2-6H,15H2,1H3,(H2,16,17). The molecular weight excluding hydrogens is 294 g/mol. The van der Waals surface area contributed by atoms with Crippen molar-refractivity contribution in [2.24, 2.45) is 0 Å². The maximum atomic E-state index is 12.3. The van der Waals surface area contributed by atoms with Gasteiger partial charge in [0.1, 0.15) is 5.82 Å². The average Bonchev–Trinajstić information content (AvgIpc) is 2.30. The summed E-state index contributed by atoms with van der Waals surface area (Å²) in [6, 6.07) is 6.78. The van der Waals surface area contributed by atoms with Gasteiger partial charge in [-0.3, -0.25) is 4.79 Å². The molecular formula is C13H12BrN3O. The van der Waals surface area contributed by atoms with E-state index in [-0.39, 0.29) is 11.6 Å². The second-order valence-electron chi connectivity index (χ2n) is 4.05. The summed E-state index contributed by atoms with van der Waals surface area (Å²) in [6.07, 6.45) is 1.63. The fraction of sp³-hybridized carbons (Fsp3) is 0.0769. The molecule has 1 aromatic carbocycles. The SMILES string of the molecule is Cc1cnc(N)c(C(=O)c2cc(N)cc(Br)c2)c1. The van der Waals surface area contributed by atoms with E-state index in [4.69, 9.17) is 11.5 Å². The largest absolute Gasteiger partial charge is 0.399 e. The molecule has 0 aliphatic heterocycles. The summed E-state index contributed by atoms with van der Waals surface area (Å²) in [4.78, 5) is 16.3.